The highest BCUT2D eigenvalue weighted by Gasteiger charge is 2.27. The first-order valence-corrected chi connectivity index (χ1v) is 10.5. The number of anilines is 1. The first-order chi connectivity index (χ1) is 16.0. The van der Waals surface area contributed by atoms with E-state index < -0.39 is 11.7 Å². The second-order valence-electron chi connectivity index (χ2n) is 7.54. The van der Waals surface area contributed by atoms with Crippen molar-refractivity contribution in [3.63, 3.8) is 0 Å². The maximum Gasteiger partial charge on any atom is 0.295 e. The molecule has 1 N–H and O–H groups in total. The number of aromatic nitrogens is 1. The van der Waals surface area contributed by atoms with E-state index in [1.54, 1.807) is 41.1 Å². The third kappa shape index (κ3) is 4.68. The Kier molecular flexibility index (Phi) is 6.60. The monoisotopic (exact) mass is 451 g/mol. The van der Waals surface area contributed by atoms with E-state index in [2.05, 4.69) is 5.32 Å². The third-order valence-electron chi connectivity index (χ3n) is 5.52. The minimum Gasteiger partial charge on any atom is -0.497 e. The molecule has 0 spiro atoms. The van der Waals surface area contributed by atoms with Crippen molar-refractivity contribution in [3.05, 3.63) is 54.2 Å². The van der Waals surface area contributed by atoms with Crippen LogP contribution >= 0.6 is 0 Å². The van der Waals surface area contributed by atoms with Crippen LogP contribution in [0.25, 0.3) is 10.9 Å². The van der Waals surface area contributed by atoms with Crippen LogP contribution in [-0.4, -0.2) is 67.6 Å². The van der Waals surface area contributed by atoms with Gasteiger partial charge in [-0.25, -0.2) is 0 Å². The summed E-state index contributed by atoms with van der Waals surface area (Å²) in [6.07, 6.45) is 1.56. The molecule has 1 aliphatic heterocycles. The molecule has 2 aromatic carbocycles. The molecule has 0 radical (unpaired) electrons. The van der Waals surface area contributed by atoms with Crippen LogP contribution in [0.4, 0.5) is 5.69 Å². The van der Waals surface area contributed by atoms with Crippen LogP contribution in [0.1, 0.15) is 10.4 Å². The lowest BCUT2D eigenvalue weighted by Crippen LogP contribution is -2.44. The van der Waals surface area contributed by atoms with Crippen molar-refractivity contribution < 1.29 is 28.6 Å². The maximum absolute atomic E-state index is 13.0. The Morgan fingerprint density at radius 2 is 1.79 bits per heavy atom. The number of hydrogen-bond acceptors (Lipinski definition) is 6. The van der Waals surface area contributed by atoms with Gasteiger partial charge in [-0.2, -0.15) is 0 Å². The highest BCUT2D eigenvalue weighted by Crippen LogP contribution is 2.29. The van der Waals surface area contributed by atoms with Gasteiger partial charge in [-0.1, -0.05) is 18.2 Å². The molecule has 0 atom stereocenters. The van der Waals surface area contributed by atoms with Crippen LogP contribution < -0.4 is 14.8 Å². The van der Waals surface area contributed by atoms with E-state index in [4.69, 9.17) is 14.2 Å². The highest BCUT2D eigenvalue weighted by atomic mass is 16.5. The maximum atomic E-state index is 13.0. The number of para-hydroxylation sites is 1. The number of hydrogen-bond donors (Lipinski definition) is 1. The molecule has 0 unspecified atom stereocenters. The minimum atomic E-state index is -0.596. The van der Waals surface area contributed by atoms with Gasteiger partial charge < -0.3 is 29.0 Å². The molecule has 1 saturated heterocycles. The number of methoxy groups -OCH3 is 2. The SMILES string of the molecule is COc1ccc(OC)c(NC(=O)Cn2cc(C(=O)C(=O)N3CCOCC3)c3ccccc32)c1. The molecule has 2 amide bonds. The molecule has 1 fully saturated rings. The Hall–Kier alpha value is -3.85. The van der Waals surface area contributed by atoms with Gasteiger partial charge in [0.1, 0.15) is 18.0 Å². The van der Waals surface area contributed by atoms with Crippen molar-refractivity contribution >= 4 is 34.2 Å². The smallest absolute Gasteiger partial charge is 0.295 e. The van der Waals surface area contributed by atoms with Gasteiger partial charge in [0.2, 0.25) is 5.91 Å². The zero-order valence-electron chi connectivity index (χ0n) is 18.5. The quantitative estimate of drug-likeness (QED) is 0.437. The molecule has 0 bridgehead atoms. The number of ether oxygens (including phenoxy) is 3. The fourth-order valence-electron chi connectivity index (χ4n) is 3.84. The number of morpholine rings is 1. The van der Waals surface area contributed by atoms with Crippen molar-refractivity contribution in [2.45, 2.75) is 6.54 Å². The zero-order chi connectivity index (χ0) is 23.4. The van der Waals surface area contributed by atoms with Crippen molar-refractivity contribution in [2.24, 2.45) is 0 Å². The van der Waals surface area contributed by atoms with Crippen molar-refractivity contribution in [2.75, 3.05) is 45.8 Å². The van der Waals surface area contributed by atoms with Crippen LogP contribution in [0.15, 0.2) is 48.7 Å². The molecule has 9 nitrogen and oxygen atoms in total. The summed E-state index contributed by atoms with van der Waals surface area (Å²) in [5, 5.41) is 3.44. The normalized spacial score (nSPS) is 13.6. The second-order valence-corrected chi connectivity index (χ2v) is 7.54. The second kappa shape index (κ2) is 9.74. The fourth-order valence-corrected chi connectivity index (χ4v) is 3.84. The number of nitrogens with zero attached hydrogens (tertiary/aromatic N) is 2. The van der Waals surface area contributed by atoms with E-state index in [0.717, 1.165) is 0 Å². The average molecular weight is 451 g/mol. The van der Waals surface area contributed by atoms with E-state index in [1.807, 2.05) is 12.1 Å². The van der Waals surface area contributed by atoms with Gasteiger partial charge in [0.15, 0.2) is 0 Å². The summed E-state index contributed by atoms with van der Waals surface area (Å²) in [7, 11) is 3.05. The van der Waals surface area contributed by atoms with E-state index in [0.29, 0.717) is 54.4 Å². The van der Waals surface area contributed by atoms with Crippen LogP contribution in [0, 0.1) is 0 Å². The van der Waals surface area contributed by atoms with Gasteiger partial charge in [0.05, 0.1) is 38.7 Å². The van der Waals surface area contributed by atoms with E-state index >= 15 is 0 Å². The number of rotatable bonds is 7. The van der Waals surface area contributed by atoms with Gasteiger partial charge in [-0.3, -0.25) is 14.4 Å². The Morgan fingerprint density at radius 1 is 1.03 bits per heavy atom. The predicted octanol–water partition coefficient (Wildman–Crippen LogP) is 2.34. The standard InChI is InChI=1S/C24H25N3O6/c1-31-16-7-8-21(32-2)19(13-16)25-22(28)15-27-14-18(17-5-3-4-6-20(17)27)23(29)24(30)26-9-11-33-12-10-26/h3-8,13-14H,9-12,15H2,1-2H3,(H,25,28). The number of fused-ring (bicyclic) bond motifs is 1. The molecule has 2 heterocycles. The zero-order valence-corrected chi connectivity index (χ0v) is 18.5. The summed E-state index contributed by atoms with van der Waals surface area (Å²) in [6.45, 7) is 1.53. The van der Waals surface area contributed by atoms with E-state index in [9.17, 15) is 14.4 Å². The summed E-state index contributed by atoms with van der Waals surface area (Å²) in [5.41, 5.74) is 1.43. The van der Waals surface area contributed by atoms with E-state index in [-0.39, 0.29) is 18.0 Å². The lowest BCUT2D eigenvalue weighted by molar-refractivity contribution is -0.130. The Labute approximate surface area is 190 Å². The molecule has 4 rings (SSSR count). The molecule has 9 heteroatoms. The first kappa shape index (κ1) is 22.3. The van der Waals surface area contributed by atoms with Gasteiger partial charge in [-0.15, -0.1) is 0 Å². The molecule has 1 aromatic heterocycles. The lowest BCUT2D eigenvalue weighted by atomic mass is 10.1. The molecular weight excluding hydrogens is 426 g/mol. The number of carbonyl (C=O) groups is 3. The van der Waals surface area contributed by atoms with Crippen molar-refractivity contribution in [3.8, 4) is 11.5 Å². The molecular formula is C24H25N3O6. The minimum absolute atomic E-state index is 0.0557. The van der Waals surface area contributed by atoms with Gasteiger partial charge in [0.25, 0.3) is 11.7 Å². The van der Waals surface area contributed by atoms with Crippen LogP contribution in [-0.2, 0) is 20.9 Å². The van der Waals surface area contributed by atoms with Gasteiger partial charge >= 0.3 is 0 Å². The topological polar surface area (TPSA) is 99.1 Å². The number of benzene rings is 2. The van der Waals surface area contributed by atoms with Gasteiger partial charge in [0, 0.05) is 36.3 Å². The van der Waals surface area contributed by atoms with Crippen LogP contribution in [0.5, 0.6) is 11.5 Å². The fraction of sp³-hybridized carbons (Fsp3) is 0.292. The van der Waals surface area contributed by atoms with E-state index in [1.165, 1.54) is 19.1 Å². The molecule has 0 saturated carbocycles. The molecule has 0 aliphatic carbocycles. The summed E-state index contributed by atoms with van der Waals surface area (Å²) < 4.78 is 17.5. The number of ketones is 1. The Bertz CT molecular complexity index is 1200. The largest absolute Gasteiger partial charge is 0.497 e. The predicted molar refractivity (Wildman–Crippen MR) is 122 cm³/mol. The summed E-state index contributed by atoms with van der Waals surface area (Å²) >= 11 is 0. The Balaban J connectivity index is 1.58. The Morgan fingerprint density at radius 3 is 2.52 bits per heavy atom. The lowest BCUT2D eigenvalue weighted by Gasteiger charge is -2.25. The summed E-state index contributed by atoms with van der Waals surface area (Å²) in [5.74, 6) is -0.408. The van der Waals surface area contributed by atoms with Crippen LogP contribution in [0.3, 0.4) is 0 Å². The number of carbonyl (C=O) groups excluding carboxylic acids is 3. The summed E-state index contributed by atoms with van der Waals surface area (Å²) in [4.78, 5) is 40.1. The highest BCUT2D eigenvalue weighted by molar-refractivity contribution is 6.44. The average Bonchev–Trinajstić information content (AvgIpc) is 3.21. The van der Waals surface area contributed by atoms with Gasteiger partial charge in [-0.05, 0) is 18.2 Å². The molecule has 3 aromatic rings. The summed E-state index contributed by atoms with van der Waals surface area (Å²) in [6, 6.07) is 12.3. The first-order valence-electron chi connectivity index (χ1n) is 10.5. The number of Topliss-reactive ketones (excluding diaryl/α,β-unsaturated/α-hetero) is 1. The molecule has 33 heavy (non-hydrogen) atoms. The number of amides is 2. The van der Waals surface area contributed by atoms with Crippen molar-refractivity contribution in [1.82, 2.24) is 9.47 Å². The van der Waals surface area contributed by atoms with Crippen LogP contribution in [0.2, 0.25) is 0 Å². The third-order valence-corrected chi connectivity index (χ3v) is 5.52. The molecule has 172 valence electrons. The number of nitrogens with one attached hydrogen (secondary N) is 1. The molecule has 1 aliphatic rings. The van der Waals surface area contributed by atoms with Crippen molar-refractivity contribution in [1.29, 1.82) is 0 Å².